The van der Waals surface area contributed by atoms with Crippen molar-refractivity contribution in [3.8, 4) is 11.5 Å². The summed E-state index contributed by atoms with van der Waals surface area (Å²) in [4.78, 5) is 25.0. The monoisotopic (exact) mass is 378 g/mol. The molecule has 1 amide bonds. The number of carbonyl (C=O) groups is 2. The molecule has 8 heteroatoms. The van der Waals surface area contributed by atoms with E-state index in [0.29, 0.717) is 5.75 Å². The number of carboxylic acid groups (broad SMARTS) is 1. The standard InChI is InChI=1S/C17H12Cl2N2O4/c1-8-4-9-5-11(2-3-14(9)20-8)25-15-12(18)6-10(7-13(15)19)21-16(22)17(23)24/h2-7,20H,1H3,(H,21,22)(H,23,24). The number of carbonyl (C=O) groups excluding carboxylic acids is 1. The van der Waals surface area contributed by atoms with Gasteiger partial charge in [-0.3, -0.25) is 4.79 Å². The van der Waals surface area contributed by atoms with Crippen molar-refractivity contribution in [2.45, 2.75) is 6.92 Å². The minimum Gasteiger partial charge on any atom is -0.474 e. The maximum absolute atomic E-state index is 11.2. The molecule has 3 rings (SSSR count). The van der Waals surface area contributed by atoms with Crippen molar-refractivity contribution in [3.63, 3.8) is 0 Å². The number of halogens is 2. The molecule has 0 spiro atoms. The molecule has 0 radical (unpaired) electrons. The minimum atomic E-state index is -1.61. The Hall–Kier alpha value is -2.70. The highest BCUT2D eigenvalue weighted by Crippen LogP contribution is 2.39. The molecular weight excluding hydrogens is 367 g/mol. The first-order valence-electron chi connectivity index (χ1n) is 7.14. The van der Waals surface area contributed by atoms with Gasteiger partial charge in [0.15, 0.2) is 5.75 Å². The summed E-state index contributed by atoms with van der Waals surface area (Å²) in [6.07, 6.45) is 0. The highest BCUT2D eigenvalue weighted by Gasteiger charge is 2.16. The summed E-state index contributed by atoms with van der Waals surface area (Å²) in [6.45, 7) is 1.96. The molecule has 0 bridgehead atoms. The fraction of sp³-hybridized carbons (Fsp3) is 0.0588. The number of hydrogen-bond acceptors (Lipinski definition) is 3. The van der Waals surface area contributed by atoms with E-state index in [1.165, 1.54) is 12.1 Å². The fourth-order valence-corrected chi connectivity index (χ4v) is 2.92. The first-order valence-corrected chi connectivity index (χ1v) is 7.89. The van der Waals surface area contributed by atoms with Crippen LogP contribution < -0.4 is 10.1 Å². The van der Waals surface area contributed by atoms with Crippen molar-refractivity contribution in [3.05, 3.63) is 52.1 Å². The summed E-state index contributed by atoms with van der Waals surface area (Å²) in [5.41, 5.74) is 2.17. The van der Waals surface area contributed by atoms with Gasteiger partial charge in [-0.15, -0.1) is 0 Å². The SMILES string of the molecule is Cc1cc2cc(Oc3c(Cl)cc(NC(=O)C(=O)O)cc3Cl)ccc2[nH]1. The van der Waals surface area contributed by atoms with E-state index in [0.717, 1.165) is 16.6 Å². The number of hydrogen-bond donors (Lipinski definition) is 3. The van der Waals surface area contributed by atoms with Crippen molar-refractivity contribution in [2.24, 2.45) is 0 Å². The molecule has 128 valence electrons. The predicted molar refractivity (Wildman–Crippen MR) is 95.8 cm³/mol. The Balaban J connectivity index is 1.88. The topological polar surface area (TPSA) is 91.4 Å². The number of nitrogens with one attached hydrogen (secondary N) is 2. The van der Waals surface area contributed by atoms with E-state index in [-0.39, 0.29) is 21.5 Å². The molecule has 1 heterocycles. The molecule has 0 aliphatic carbocycles. The fourth-order valence-electron chi connectivity index (χ4n) is 2.35. The summed E-state index contributed by atoms with van der Waals surface area (Å²) in [5.74, 6) is -2.04. The number of aromatic amines is 1. The Bertz CT molecular complexity index is 974. The van der Waals surface area contributed by atoms with Crippen LogP contribution in [-0.2, 0) is 9.59 Å². The largest absolute Gasteiger partial charge is 0.474 e. The zero-order valence-corrected chi connectivity index (χ0v) is 14.4. The van der Waals surface area contributed by atoms with Crippen LogP contribution in [0.5, 0.6) is 11.5 Å². The molecule has 0 saturated heterocycles. The summed E-state index contributed by atoms with van der Waals surface area (Å²) in [6, 6.07) is 10.2. The Morgan fingerprint density at radius 1 is 1.12 bits per heavy atom. The smallest absolute Gasteiger partial charge is 0.394 e. The van der Waals surface area contributed by atoms with Gasteiger partial charge in [0.05, 0.1) is 10.0 Å². The molecule has 25 heavy (non-hydrogen) atoms. The molecule has 0 unspecified atom stereocenters. The third-order valence-corrected chi connectivity index (χ3v) is 3.96. The average Bonchev–Trinajstić information content (AvgIpc) is 2.90. The van der Waals surface area contributed by atoms with Crippen LogP contribution in [0.1, 0.15) is 5.69 Å². The molecule has 3 aromatic rings. The van der Waals surface area contributed by atoms with E-state index in [4.69, 9.17) is 33.0 Å². The van der Waals surface area contributed by atoms with E-state index in [1.54, 1.807) is 6.07 Å². The van der Waals surface area contributed by atoms with Crippen LogP contribution in [-0.4, -0.2) is 22.0 Å². The summed E-state index contributed by atoms with van der Waals surface area (Å²) in [5, 5.41) is 12.0. The Morgan fingerprint density at radius 2 is 1.80 bits per heavy atom. The summed E-state index contributed by atoms with van der Waals surface area (Å²) >= 11 is 12.3. The van der Waals surface area contributed by atoms with Crippen molar-refractivity contribution in [2.75, 3.05) is 5.32 Å². The lowest BCUT2D eigenvalue weighted by Crippen LogP contribution is -2.21. The van der Waals surface area contributed by atoms with Crippen LogP contribution in [0.4, 0.5) is 5.69 Å². The van der Waals surface area contributed by atoms with Crippen LogP contribution in [0.2, 0.25) is 10.0 Å². The number of aromatic nitrogens is 1. The van der Waals surface area contributed by atoms with Crippen molar-refractivity contribution < 1.29 is 19.4 Å². The lowest BCUT2D eigenvalue weighted by molar-refractivity contribution is -0.147. The number of H-pyrrole nitrogens is 1. The second-order valence-corrected chi connectivity index (χ2v) is 6.15. The lowest BCUT2D eigenvalue weighted by atomic mass is 10.2. The Morgan fingerprint density at radius 3 is 2.44 bits per heavy atom. The number of benzene rings is 2. The predicted octanol–water partition coefficient (Wildman–Crippen LogP) is 4.60. The molecule has 0 aliphatic rings. The second kappa shape index (κ2) is 6.66. The van der Waals surface area contributed by atoms with Gasteiger partial charge in [0.1, 0.15) is 5.75 Å². The van der Waals surface area contributed by atoms with E-state index in [9.17, 15) is 9.59 Å². The molecule has 0 atom stereocenters. The zero-order valence-electron chi connectivity index (χ0n) is 12.9. The number of amides is 1. The highest BCUT2D eigenvalue weighted by molar-refractivity contribution is 6.39. The van der Waals surface area contributed by atoms with Gasteiger partial charge in [0, 0.05) is 22.3 Å². The van der Waals surface area contributed by atoms with Gasteiger partial charge >= 0.3 is 11.9 Å². The van der Waals surface area contributed by atoms with Crippen LogP contribution in [0.25, 0.3) is 10.9 Å². The van der Waals surface area contributed by atoms with E-state index in [1.807, 2.05) is 25.1 Å². The molecule has 6 nitrogen and oxygen atoms in total. The molecule has 1 aromatic heterocycles. The lowest BCUT2D eigenvalue weighted by Gasteiger charge is -2.12. The number of carboxylic acids is 1. The maximum atomic E-state index is 11.2. The molecule has 0 fully saturated rings. The van der Waals surface area contributed by atoms with Crippen molar-refractivity contribution >= 4 is 51.7 Å². The van der Waals surface area contributed by atoms with Crippen LogP contribution in [0, 0.1) is 6.92 Å². The number of aryl methyl sites for hydroxylation is 1. The van der Waals surface area contributed by atoms with Gasteiger partial charge in [-0.2, -0.15) is 0 Å². The summed E-state index contributed by atoms with van der Waals surface area (Å²) < 4.78 is 5.76. The molecular formula is C17H12Cl2N2O4. The number of ether oxygens (including phenoxy) is 1. The average molecular weight is 379 g/mol. The van der Waals surface area contributed by atoms with Gasteiger partial charge in [-0.1, -0.05) is 23.2 Å². The summed E-state index contributed by atoms with van der Waals surface area (Å²) in [7, 11) is 0. The number of fused-ring (bicyclic) bond motifs is 1. The Labute approximate surface area is 152 Å². The zero-order chi connectivity index (χ0) is 18.1. The molecule has 3 N–H and O–H groups in total. The van der Waals surface area contributed by atoms with E-state index < -0.39 is 11.9 Å². The third kappa shape index (κ3) is 3.70. The third-order valence-electron chi connectivity index (χ3n) is 3.40. The number of anilines is 1. The molecule has 2 aromatic carbocycles. The first kappa shape index (κ1) is 17.1. The van der Waals surface area contributed by atoms with Crippen molar-refractivity contribution in [1.29, 1.82) is 0 Å². The number of rotatable bonds is 3. The van der Waals surface area contributed by atoms with Crippen LogP contribution in [0.15, 0.2) is 36.4 Å². The minimum absolute atomic E-state index is 0.138. The van der Waals surface area contributed by atoms with Crippen molar-refractivity contribution in [1.82, 2.24) is 4.98 Å². The van der Waals surface area contributed by atoms with Gasteiger partial charge in [0.2, 0.25) is 0 Å². The highest BCUT2D eigenvalue weighted by atomic mass is 35.5. The molecule has 0 aliphatic heterocycles. The number of aliphatic carboxylic acids is 1. The van der Waals surface area contributed by atoms with Gasteiger partial charge in [-0.05, 0) is 43.3 Å². The molecule has 0 saturated carbocycles. The van der Waals surface area contributed by atoms with Crippen LogP contribution >= 0.6 is 23.2 Å². The first-order chi connectivity index (χ1) is 11.8. The Kier molecular flexibility index (Phi) is 4.57. The second-order valence-electron chi connectivity index (χ2n) is 5.33. The normalized spacial score (nSPS) is 10.7. The van der Waals surface area contributed by atoms with Crippen LogP contribution in [0.3, 0.4) is 0 Å². The maximum Gasteiger partial charge on any atom is 0.394 e. The van der Waals surface area contributed by atoms with E-state index in [2.05, 4.69) is 10.3 Å². The van der Waals surface area contributed by atoms with Gasteiger partial charge < -0.3 is 20.1 Å². The van der Waals surface area contributed by atoms with E-state index >= 15 is 0 Å². The van der Waals surface area contributed by atoms with Gasteiger partial charge in [-0.25, -0.2) is 4.79 Å². The quantitative estimate of drug-likeness (QED) is 0.580. The van der Waals surface area contributed by atoms with Gasteiger partial charge in [0.25, 0.3) is 0 Å².